The van der Waals surface area contributed by atoms with Crippen molar-refractivity contribution in [2.75, 3.05) is 5.32 Å². The summed E-state index contributed by atoms with van der Waals surface area (Å²) in [6, 6.07) is 9.13. The molecule has 0 saturated carbocycles. The van der Waals surface area contributed by atoms with Crippen LogP contribution in [-0.4, -0.2) is 26.1 Å². The number of carbonyl (C=O) groups is 1. The Labute approximate surface area is 146 Å². The fraction of sp³-hybridized carbons (Fsp3) is 0.0769. The molecule has 3 rings (SSSR count). The average molecular weight is 443 g/mol. The first kappa shape index (κ1) is 15.3. The summed E-state index contributed by atoms with van der Waals surface area (Å²) in [5.41, 5.74) is 1.46. The van der Waals surface area contributed by atoms with Crippen LogP contribution in [0.4, 0.5) is 5.69 Å². The quantitative estimate of drug-likeness (QED) is 0.669. The summed E-state index contributed by atoms with van der Waals surface area (Å²) in [5.74, 6) is 0.511. The van der Waals surface area contributed by atoms with Gasteiger partial charge in [0.05, 0.1) is 14.4 Å². The summed E-state index contributed by atoms with van der Waals surface area (Å²) in [7, 11) is 0. The molecule has 1 N–H and O–H groups in total. The first-order valence-electron chi connectivity index (χ1n) is 6.16. The van der Waals surface area contributed by atoms with Crippen LogP contribution in [-0.2, 0) is 0 Å². The van der Waals surface area contributed by atoms with Gasteiger partial charge in [0.1, 0.15) is 0 Å². The number of benzene rings is 1. The Morgan fingerprint density at radius 3 is 2.77 bits per heavy atom. The summed E-state index contributed by atoms with van der Waals surface area (Å²) >= 11 is 8.12. The van der Waals surface area contributed by atoms with E-state index >= 15 is 0 Å². The van der Waals surface area contributed by atoms with Gasteiger partial charge in [0.2, 0.25) is 0 Å². The third-order valence-electron chi connectivity index (χ3n) is 2.84. The van der Waals surface area contributed by atoms with Crippen LogP contribution in [0.1, 0.15) is 15.5 Å². The highest BCUT2D eigenvalue weighted by Crippen LogP contribution is 2.32. The number of carbonyl (C=O) groups excluding carboxylic acids is 1. The summed E-state index contributed by atoms with van der Waals surface area (Å²) < 4.78 is 3.35. The van der Waals surface area contributed by atoms with Gasteiger partial charge in [0.15, 0.2) is 5.82 Å². The molecule has 0 saturated heterocycles. The molecule has 0 bridgehead atoms. The lowest BCUT2D eigenvalue weighted by Crippen LogP contribution is -2.10. The van der Waals surface area contributed by atoms with Gasteiger partial charge in [-0.1, -0.05) is 6.07 Å². The normalized spacial score (nSPS) is 10.7. The second-order valence-electron chi connectivity index (χ2n) is 4.37. The molecule has 0 atom stereocenters. The van der Waals surface area contributed by atoms with E-state index in [2.05, 4.69) is 52.7 Å². The first-order valence-corrected chi connectivity index (χ1v) is 8.56. The van der Waals surface area contributed by atoms with E-state index < -0.39 is 0 Å². The Morgan fingerprint density at radius 1 is 1.32 bits per heavy atom. The molecule has 1 amide bonds. The minimum atomic E-state index is -0.165. The zero-order valence-corrected chi connectivity index (χ0v) is 15.2. The van der Waals surface area contributed by atoms with Crippen LogP contribution < -0.4 is 5.32 Å². The molecule has 0 aliphatic heterocycles. The molecule has 2 aromatic heterocycles. The van der Waals surface area contributed by atoms with Crippen molar-refractivity contribution >= 4 is 54.8 Å². The fourth-order valence-electron chi connectivity index (χ4n) is 1.84. The van der Waals surface area contributed by atoms with Crippen molar-refractivity contribution in [3.63, 3.8) is 0 Å². The van der Waals surface area contributed by atoms with E-state index in [4.69, 9.17) is 0 Å². The molecule has 22 heavy (non-hydrogen) atoms. The Balaban J connectivity index is 1.84. The molecular weight excluding hydrogens is 434 g/mol. The fourth-order valence-corrected chi connectivity index (χ4v) is 3.77. The van der Waals surface area contributed by atoms with Gasteiger partial charge < -0.3 is 5.32 Å². The molecule has 6 nitrogen and oxygen atoms in total. The van der Waals surface area contributed by atoms with Crippen LogP contribution in [0.3, 0.4) is 0 Å². The lowest BCUT2D eigenvalue weighted by Gasteiger charge is -2.06. The van der Waals surface area contributed by atoms with E-state index in [1.807, 2.05) is 31.2 Å². The molecule has 0 aliphatic carbocycles. The van der Waals surface area contributed by atoms with E-state index in [-0.39, 0.29) is 5.91 Å². The van der Waals surface area contributed by atoms with Crippen LogP contribution in [0, 0.1) is 6.92 Å². The lowest BCUT2D eigenvalue weighted by molar-refractivity contribution is 0.103. The molecule has 0 unspecified atom stereocenters. The minimum Gasteiger partial charge on any atom is -0.321 e. The summed E-state index contributed by atoms with van der Waals surface area (Å²) in [5, 5.41) is 14.2. The van der Waals surface area contributed by atoms with Gasteiger partial charge in [0, 0.05) is 10.2 Å². The predicted molar refractivity (Wildman–Crippen MR) is 91.6 cm³/mol. The van der Waals surface area contributed by atoms with Crippen LogP contribution in [0.5, 0.6) is 0 Å². The number of halogens is 2. The van der Waals surface area contributed by atoms with Crippen molar-refractivity contribution in [3.8, 4) is 5.69 Å². The summed E-state index contributed by atoms with van der Waals surface area (Å²) in [6.45, 7) is 1.81. The Bertz CT molecular complexity index is 825. The Hall–Kier alpha value is -1.58. The molecule has 0 radical (unpaired) electrons. The van der Waals surface area contributed by atoms with Crippen LogP contribution in [0.2, 0.25) is 0 Å². The van der Waals surface area contributed by atoms with Gasteiger partial charge >= 0.3 is 0 Å². The molecule has 0 aliphatic rings. The number of hydrogen-bond acceptors (Lipinski definition) is 5. The maximum atomic E-state index is 12.3. The molecule has 0 spiro atoms. The summed E-state index contributed by atoms with van der Waals surface area (Å²) in [6.07, 6.45) is 0. The number of anilines is 1. The maximum Gasteiger partial charge on any atom is 0.265 e. The molecule has 3 aromatic rings. The highest BCUT2D eigenvalue weighted by Gasteiger charge is 2.13. The average Bonchev–Trinajstić information content (AvgIpc) is 3.06. The number of thiophene rings is 1. The van der Waals surface area contributed by atoms with Crippen molar-refractivity contribution in [2.24, 2.45) is 0 Å². The minimum absolute atomic E-state index is 0.165. The smallest absolute Gasteiger partial charge is 0.265 e. The van der Waals surface area contributed by atoms with Crippen molar-refractivity contribution < 1.29 is 4.79 Å². The molecule has 2 heterocycles. The Morgan fingerprint density at radius 2 is 2.14 bits per heavy atom. The highest BCUT2D eigenvalue weighted by atomic mass is 79.9. The van der Waals surface area contributed by atoms with Gasteiger partial charge in [-0.15, -0.1) is 16.4 Å². The molecule has 9 heteroatoms. The standard InChI is InChI=1S/C13H9Br2N5OS/c1-7-17-18-19-20(7)9-4-2-3-8(5-9)16-13(21)11-6-10(14)12(15)22-11/h2-6H,1H3,(H,16,21). The van der Waals surface area contributed by atoms with E-state index in [9.17, 15) is 4.79 Å². The van der Waals surface area contributed by atoms with E-state index in [0.29, 0.717) is 16.4 Å². The second-order valence-corrected chi connectivity index (χ2v) is 7.60. The molecule has 112 valence electrons. The van der Waals surface area contributed by atoms with Gasteiger partial charge in [-0.3, -0.25) is 4.79 Å². The number of aromatic nitrogens is 4. The third-order valence-corrected chi connectivity index (χ3v) is 6.10. The van der Waals surface area contributed by atoms with Gasteiger partial charge in [-0.25, -0.2) is 0 Å². The summed E-state index contributed by atoms with van der Waals surface area (Å²) in [4.78, 5) is 12.9. The topological polar surface area (TPSA) is 72.7 Å². The molecule has 0 fully saturated rings. The number of hydrogen-bond donors (Lipinski definition) is 1. The number of rotatable bonds is 3. The lowest BCUT2D eigenvalue weighted by atomic mass is 10.2. The third kappa shape index (κ3) is 3.11. The van der Waals surface area contributed by atoms with Crippen LogP contribution in [0.15, 0.2) is 38.6 Å². The van der Waals surface area contributed by atoms with Crippen LogP contribution in [0.25, 0.3) is 5.69 Å². The first-order chi connectivity index (χ1) is 10.5. The number of nitrogens with one attached hydrogen (secondary N) is 1. The van der Waals surface area contributed by atoms with Gasteiger partial charge in [-0.05, 0) is 73.5 Å². The largest absolute Gasteiger partial charge is 0.321 e. The molecule has 1 aromatic carbocycles. The van der Waals surface area contributed by atoms with Crippen molar-refractivity contribution in [3.05, 3.63) is 49.3 Å². The van der Waals surface area contributed by atoms with Gasteiger partial charge in [0.25, 0.3) is 5.91 Å². The van der Waals surface area contributed by atoms with Gasteiger partial charge in [-0.2, -0.15) is 4.68 Å². The van der Waals surface area contributed by atoms with Crippen molar-refractivity contribution in [2.45, 2.75) is 6.92 Å². The van der Waals surface area contributed by atoms with E-state index in [0.717, 1.165) is 13.9 Å². The Kier molecular flexibility index (Phi) is 4.37. The monoisotopic (exact) mass is 441 g/mol. The number of tetrazole rings is 1. The number of amides is 1. The van der Waals surface area contributed by atoms with E-state index in [1.165, 1.54) is 11.3 Å². The van der Waals surface area contributed by atoms with Crippen LogP contribution >= 0.6 is 43.2 Å². The number of nitrogens with zero attached hydrogens (tertiary/aromatic N) is 4. The zero-order chi connectivity index (χ0) is 15.7. The molecular formula is C13H9Br2N5OS. The second kappa shape index (κ2) is 6.27. The van der Waals surface area contributed by atoms with Crippen molar-refractivity contribution in [1.29, 1.82) is 0 Å². The maximum absolute atomic E-state index is 12.3. The van der Waals surface area contributed by atoms with Crippen molar-refractivity contribution in [1.82, 2.24) is 20.2 Å². The zero-order valence-electron chi connectivity index (χ0n) is 11.2. The highest BCUT2D eigenvalue weighted by molar-refractivity contribution is 9.13. The predicted octanol–water partition coefficient (Wildman–Crippen LogP) is 3.81. The SMILES string of the molecule is Cc1nnnn1-c1cccc(NC(=O)c2cc(Br)c(Br)s2)c1. The van der Waals surface area contributed by atoms with E-state index in [1.54, 1.807) is 10.7 Å². The number of aryl methyl sites for hydroxylation is 1.